The molecule has 0 radical (unpaired) electrons. The van der Waals surface area contributed by atoms with Crippen LogP contribution in [0.2, 0.25) is 0 Å². The van der Waals surface area contributed by atoms with Gasteiger partial charge in [0.25, 0.3) is 0 Å². The Morgan fingerprint density at radius 3 is 2.67 bits per heavy atom. The molecular formula is C17H16F2N2O3. The van der Waals surface area contributed by atoms with Crippen LogP contribution in [0.4, 0.5) is 19.3 Å². The molecule has 0 aromatic heterocycles. The maximum Gasteiger partial charge on any atom is 0.338 e. The number of hydrogen-bond donors (Lipinski definition) is 2. The van der Waals surface area contributed by atoms with E-state index in [0.29, 0.717) is 11.3 Å². The average Bonchev–Trinajstić information content (AvgIpc) is 2.56. The predicted molar refractivity (Wildman–Crippen MR) is 84.6 cm³/mol. The Morgan fingerprint density at radius 1 is 1.12 bits per heavy atom. The van der Waals surface area contributed by atoms with Crippen LogP contribution in [0.25, 0.3) is 0 Å². The lowest BCUT2D eigenvalue weighted by atomic mass is 10.2. The van der Waals surface area contributed by atoms with Crippen LogP contribution < -0.4 is 10.6 Å². The Hall–Kier alpha value is -2.96. The number of esters is 1. The van der Waals surface area contributed by atoms with Gasteiger partial charge in [0.1, 0.15) is 11.6 Å². The molecule has 2 N–H and O–H groups in total. The third-order valence-corrected chi connectivity index (χ3v) is 3.08. The fourth-order valence-corrected chi connectivity index (χ4v) is 1.97. The standard InChI is InChI=1S/C17H16F2N2O3/c1-2-24-16(22)11-4-3-5-14(9-11)21-17(23)20-10-12-8-13(18)6-7-15(12)19/h3-9H,2,10H2,1H3,(H2,20,21,23). The van der Waals surface area contributed by atoms with Crippen molar-refractivity contribution in [1.82, 2.24) is 5.32 Å². The van der Waals surface area contributed by atoms with Crippen LogP contribution in [-0.2, 0) is 11.3 Å². The number of hydrogen-bond acceptors (Lipinski definition) is 3. The first kappa shape index (κ1) is 17.4. The molecule has 0 saturated carbocycles. The van der Waals surface area contributed by atoms with Gasteiger partial charge in [-0.05, 0) is 43.3 Å². The van der Waals surface area contributed by atoms with Crippen molar-refractivity contribution < 1.29 is 23.1 Å². The number of benzene rings is 2. The Morgan fingerprint density at radius 2 is 1.92 bits per heavy atom. The molecule has 0 bridgehead atoms. The fraction of sp³-hybridized carbons (Fsp3) is 0.176. The van der Waals surface area contributed by atoms with Gasteiger partial charge in [-0.2, -0.15) is 0 Å². The SMILES string of the molecule is CCOC(=O)c1cccc(NC(=O)NCc2cc(F)ccc2F)c1. The second-order valence-corrected chi connectivity index (χ2v) is 4.84. The van der Waals surface area contributed by atoms with Gasteiger partial charge in [-0.3, -0.25) is 0 Å². The highest BCUT2D eigenvalue weighted by molar-refractivity contribution is 5.93. The largest absolute Gasteiger partial charge is 0.462 e. The van der Waals surface area contributed by atoms with Crippen LogP contribution in [0.3, 0.4) is 0 Å². The van der Waals surface area contributed by atoms with Crippen molar-refractivity contribution in [2.24, 2.45) is 0 Å². The molecule has 2 aromatic rings. The highest BCUT2D eigenvalue weighted by Crippen LogP contribution is 2.12. The summed E-state index contributed by atoms with van der Waals surface area (Å²) in [5.74, 6) is -1.69. The van der Waals surface area contributed by atoms with Crippen molar-refractivity contribution in [3.63, 3.8) is 0 Å². The summed E-state index contributed by atoms with van der Waals surface area (Å²) in [6, 6.07) is 8.59. The lowest BCUT2D eigenvalue weighted by Crippen LogP contribution is -2.28. The van der Waals surface area contributed by atoms with Crippen molar-refractivity contribution in [2.75, 3.05) is 11.9 Å². The van der Waals surface area contributed by atoms with Gasteiger partial charge in [-0.1, -0.05) is 6.07 Å². The first-order chi connectivity index (χ1) is 11.5. The molecular weight excluding hydrogens is 318 g/mol. The van der Waals surface area contributed by atoms with E-state index in [9.17, 15) is 18.4 Å². The van der Waals surface area contributed by atoms with E-state index in [1.807, 2.05) is 0 Å². The van der Waals surface area contributed by atoms with Gasteiger partial charge in [0.2, 0.25) is 0 Å². The summed E-state index contributed by atoms with van der Waals surface area (Å²) in [6.45, 7) is 1.77. The minimum atomic E-state index is -0.611. The van der Waals surface area contributed by atoms with Crippen molar-refractivity contribution in [2.45, 2.75) is 13.5 Å². The van der Waals surface area contributed by atoms with Gasteiger partial charge in [0.05, 0.1) is 12.2 Å². The molecule has 0 aliphatic rings. The summed E-state index contributed by atoms with van der Waals surface area (Å²) in [6.07, 6.45) is 0. The van der Waals surface area contributed by atoms with Gasteiger partial charge in [-0.15, -0.1) is 0 Å². The van der Waals surface area contributed by atoms with Crippen LogP contribution in [0.1, 0.15) is 22.8 Å². The number of nitrogens with one attached hydrogen (secondary N) is 2. The molecule has 2 aromatic carbocycles. The van der Waals surface area contributed by atoms with E-state index < -0.39 is 23.6 Å². The molecule has 0 heterocycles. The maximum absolute atomic E-state index is 13.5. The van der Waals surface area contributed by atoms with E-state index in [1.165, 1.54) is 6.07 Å². The number of amides is 2. The molecule has 0 atom stereocenters. The van der Waals surface area contributed by atoms with Crippen molar-refractivity contribution in [1.29, 1.82) is 0 Å². The van der Waals surface area contributed by atoms with Crippen molar-refractivity contribution in [3.8, 4) is 0 Å². The third-order valence-electron chi connectivity index (χ3n) is 3.08. The molecule has 0 unspecified atom stereocenters. The molecule has 0 spiro atoms. The number of carbonyl (C=O) groups excluding carboxylic acids is 2. The lowest BCUT2D eigenvalue weighted by Gasteiger charge is -2.09. The highest BCUT2D eigenvalue weighted by atomic mass is 19.1. The summed E-state index contributed by atoms with van der Waals surface area (Å²) in [7, 11) is 0. The Balaban J connectivity index is 1.96. The number of carbonyl (C=O) groups is 2. The number of rotatable bonds is 5. The maximum atomic E-state index is 13.5. The van der Waals surface area contributed by atoms with E-state index >= 15 is 0 Å². The summed E-state index contributed by atoms with van der Waals surface area (Å²) in [4.78, 5) is 23.5. The summed E-state index contributed by atoms with van der Waals surface area (Å²) in [5.41, 5.74) is 0.703. The van der Waals surface area contributed by atoms with Crippen LogP contribution >= 0.6 is 0 Å². The topological polar surface area (TPSA) is 67.4 Å². The second kappa shape index (κ2) is 8.05. The Labute approximate surface area is 137 Å². The minimum absolute atomic E-state index is 0.0328. The number of anilines is 1. The zero-order valence-electron chi connectivity index (χ0n) is 12.9. The smallest absolute Gasteiger partial charge is 0.338 e. The molecule has 24 heavy (non-hydrogen) atoms. The normalized spacial score (nSPS) is 10.1. The van der Waals surface area contributed by atoms with Crippen LogP contribution in [-0.4, -0.2) is 18.6 Å². The quantitative estimate of drug-likeness (QED) is 0.823. The molecule has 0 aliphatic carbocycles. The van der Waals surface area contributed by atoms with Gasteiger partial charge >= 0.3 is 12.0 Å². The third kappa shape index (κ3) is 4.77. The zero-order chi connectivity index (χ0) is 17.5. The molecule has 2 amide bonds. The van der Waals surface area contributed by atoms with Gasteiger partial charge in [0.15, 0.2) is 0 Å². The van der Waals surface area contributed by atoms with Crippen LogP contribution in [0.5, 0.6) is 0 Å². The van der Waals surface area contributed by atoms with Gasteiger partial charge in [-0.25, -0.2) is 18.4 Å². The molecule has 0 saturated heterocycles. The van der Waals surface area contributed by atoms with Crippen LogP contribution in [0.15, 0.2) is 42.5 Å². The number of ether oxygens (including phenoxy) is 1. The molecule has 7 heteroatoms. The van der Waals surface area contributed by atoms with E-state index in [4.69, 9.17) is 4.74 Å². The molecule has 0 aliphatic heterocycles. The fourth-order valence-electron chi connectivity index (χ4n) is 1.97. The van der Waals surface area contributed by atoms with E-state index in [1.54, 1.807) is 25.1 Å². The predicted octanol–water partition coefficient (Wildman–Crippen LogP) is 3.46. The summed E-state index contributed by atoms with van der Waals surface area (Å²) >= 11 is 0. The zero-order valence-corrected chi connectivity index (χ0v) is 12.9. The number of urea groups is 1. The first-order valence-corrected chi connectivity index (χ1v) is 7.25. The second-order valence-electron chi connectivity index (χ2n) is 4.84. The van der Waals surface area contributed by atoms with Gasteiger partial charge in [0, 0.05) is 17.8 Å². The molecule has 126 valence electrons. The Kier molecular flexibility index (Phi) is 5.83. The average molecular weight is 334 g/mol. The van der Waals surface area contributed by atoms with E-state index in [-0.39, 0.29) is 18.7 Å². The molecule has 5 nitrogen and oxygen atoms in total. The molecule has 0 fully saturated rings. The van der Waals surface area contributed by atoms with Crippen LogP contribution in [0, 0.1) is 11.6 Å². The Bertz CT molecular complexity index is 750. The number of halogens is 2. The van der Waals surface area contributed by atoms with E-state index in [0.717, 1.165) is 18.2 Å². The summed E-state index contributed by atoms with van der Waals surface area (Å²) < 4.78 is 31.4. The van der Waals surface area contributed by atoms with Gasteiger partial charge < -0.3 is 15.4 Å². The lowest BCUT2D eigenvalue weighted by molar-refractivity contribution is 0.0526. The first-order valence-electron chi connectivity index (χ1n) is 7.25. The summed E-state index contributed by atoms with van der Waals surface area (Å²) in [5, 5.41) is 4.93. The monoisotopic (exact) mass is 334 g/mol. The van der Waals surface area contributed by atoms with Crippen molar-refractivity contribution in [3.05, 3.63) is 65.2 Å². The highest BCUT2D eigenvalue weighted by Gasteiger charge is 2.09. The van der Waals surface area contributed by atoms with Crippen molar-refractivity contribution >= 4 is 17.7 Å². The minimum Gasteiger partial charge on any atom is -0.462 e. The van der Waals surface area contributed by atoms with E-state index in [2.05, 4.69) is 10.6 Å². The molecule has 2 rings (SSSR count).